The van der Waals surface area contributed by atoms with Crippen LogP contribution in [-0.2, 0) is 28.3 Å². The number of rotatable bonds is 8. The first-order chi connectivity index (χ1) is 16.5. The standard InChI is InChI=1S/C25H24F3N3O3S/c26-25(27,28)22-12-10-21(11-13-22)20-8-6-18(7-9-20)14-31(23(29)15-32)24(30)17-35(33,34)16-19-4-2-1-3-5-19/h1-13,29-30,32H,14-17H2. The Morgan fingerprint density at radius 3 is 1.86 bits per heavy atom. The highest BCUT2D eigenvalue weighted by Crippen LogP contribution is 2.31. The number of sulfone groups is 1. The molecule has 0 atom stereocenters. The van der Waals surface area contributed by atoms with Gasteiger partial charge in [-0.05, 0) is 34.4 Å². The number of nitrogens with one attached hydrogen (secondary N) is 2. The van der Waals surface area contributed by atoms with Gasteiger partial charge in [-0.1, -0.05) is 66.7 Å². The molecule has 0 heterocycles. The number of aliphatic hydroxyl groups excluding tert-OH is 1. The van der Waals surface area contributed by atoms with Gasteiger partial charge < -0.3 is 10.0 Å². The highest BCUT2D eigenvalue weighted by Gasteiger charge is 2.30. The molecule has 0 fully saturated rings. The molecule has 10 heteroatoms. The lowest BCUT2D eigenvalue weighted by atomic mass is 10.0. The molecule has 0 aromatic heterocycles. The van der Waals surface area contributed by atoms with Crippen LogP contribution in [0.3, 0.4) is 0 Å². The van der Waals surface area contributed by atoms with Crippen molar-refractivity contribution in [2.75, 3.05) is 12.4 Å². The number of benzene rings is 3. The molecule has 0 saturated carbocycles. The molecule has 0 radical (unpaired) electrons. The molecule has 3 rings (SSSR count). The summed E-state index contributed by atoms with van der Waals surface area (Å²) in [5.74, 6) is -1.52. The van der Waals surface area contributed by atoms with E-state index in [4.69, 9.17) is 10.8 Å². The van der Waals surface area contributed by atoms with Crippen molar-refractivity contribution < 1.29 is 26.7 Å². The van der Waals surface area contributed by atoms with E-state index in [1.807, 2.05) is 0 Å². The van der Waals surface area contributed by atoms with Crippen molar-refractivity contribution in [3.05, 3.63) is 95.6 Å². The van der Waals surface area contributed by atoms with Crippen LogP contribution in [0.1, 0.15) is 16.7 Å². The summed E-state index contributed by atoms with van der Waals surface area (Å²) in [6.07, 6.45) is -4.41. The number of hydrogen-bond acceptors (Lipinski definition) is 5. The van der Waals surface area contributed by atoms with Crippen molar-refractivity contribution in [3.63, 3.8) is 0 Å². The van der Waals surface area contributed by atoms with Crippen molar-refractivity contribution >= 4 is 21.5 Å². The quantitative estimate of drug-likeness (QED) is 0.305. The fourth-order valence-corrected chi connectivity index (χ4v) is 4.82. The van der Waals surface area contributed by atoms with Gasteiger partial charge in [0.15, 0.2) is 9.84 Å². The second-order valence-electron chi connectivity index (χ2n) is 7.93. The lowest BCUT2D eigenvalue weighted by Gasteiger charge is -2.25. The molecule has 3 aromatic rings. The fraction of sp³-hybridized carbons (Fsp3) is 0.200. The fourth-order valence-electron chi connectivity index (χ4n) is 3.44. The smallest absolute Gasteiger partial charge is 0.388 e. The predicted octanol–water partition coefficient (Wildman–Crippen LogP) is 4.74. The summed E-state index contributed by atoms with van der Waals surface area (Å²) >= 11 is 0. The monoisotopic (exact) mass is 503 g/mol. The molecular weight excluding hydrogens is 479 g/mol. The van der Waals surface area contributed by atoms with Gasteiger partial charge in [-0.25, -0.2) is 8.42 Å². The van der Waals surface area contributed by atoms with Crippen LogP contribution in [0.15, 0.2) is 78.9 Å². The summed E-state index contributed by atoms with van der Waals surface area (Å²) in [5, 5.41) is 25.7. The third-order valence-electron chi connectivity index (χ3n) is 5.23. The van der Waals surface area contributed by atoms with Crippen LogP contribution >= 0.6 is 0 Å². The van der Waals surface area contributed by atoms with Crippen LogP contribution in [0.2, 0.25) is 0 Å². The molecule has 0 aliphatic carbocycles. The number of hydrogen-bond donors (Lipinski definition) is 3. The molecule has 0 amide bonds. The molecular formula is C25H24F3N3O3S. The first-order valence-electron chi connectivity index (χ1n) is 10.5. The van der Waals surface area contributed by atoms with Crippen LogP contribution in [0.5, 0.6) is 0 Å². The van der Waals surface area contributed by atoms with Crippen LogP contribution in [0.4, 0.5) is 13.2 Å². The Balaban J connectivity index is 1.72. The Bertz CT molecular complexity index is 1280. The van der Waals surface area contributed by atoms with Crippen molar-refractivity contribution in [2.24, 2.45) is 0 Å². The molecule has 0 unspecified atom stereocenters. The van der Waals surface area contributed by atoms with Crippen LogP contribution < -0.4 is 0 Å². The van der Waals surface area contributed by atoms with Crippen LogP contribution in [-0.4, -0.2) is 42.5 Å². The van der Waals surface area contributed by atoms with Crippen LogP contribution in [0.25, 0.3) is 11.1 Å². The first-order valence-corrected chi connectivity index (χ1v) is 12.3. The minimum absolute atomic E-state index is 0.0215. The Hall–Kier alpha value is -3.50. The van der Waals surface area contributed by atoms with E-state index in [1.165, 1.54) is 12.1 Å². The van der Waals surface area contributed by atoms with Gasteiger partial charge in [0.05, 0.1) is 17.9 Å². The average molecular weight is 504 g/mol. The van der Waals surface area contributed by atoms with Crippen molar-refractivity contribution in [3.8, 4) is 11.1 Å². The molecule has 3 N–H and O–H groups in total. The maximum atomic E-state index is 12.8. The van der Waals surface area contributed by atoms with E-state index < -0.39 is 33.9 Å². The topological polar surface area (TPSA) is 105 Å². The second-order valence-corrected chi connectivity index (χ2v) is 9.99. The van der Waals surface area contributed by atoms with E-state index in [9.17, 15) is 26.7 Å². The Labute approximate surface area is 201 Å². The molecule has 35 heavy (non-hydrogen) atoms. The van der Waals surface area contributed by atoms with Gasteiger partial charge in [-0.3, -0.25) is 10.8 Å². The molecule has 3 aromatic carbocycles. The van der Waals surface area contributed by atoms with Gasteiger partial charge in [0.2, 0.25) is 0 Å². The number of alkyl halides is 3. The highest BCUT2D eigenvalue weighted by atomic mass is 32.2. The molecule has 0 spiro atoms. The van der Waals surface area contributed by atoms with Crippen molar-refractivity contribution in [1.82, 2.24) is 4.90 Å². The van der Waals surface area contributed by atoms with Gasteiger partial charge in [-0.15, -0.1) is 0 Å². The lowest BCUT2D eigenvalue weighted by molar-refractivity contribution is -0.137. The number of aliphatic hydroxyl groups is 1. The number of halogens is 3. The van der Waals surface area contributed by atoms with Gasteiger partial charge in [0.1, 0.15) is 24.0 Å². The normalized spacial score (nSPS) is 11.8. The Kier molecular flexibility index (Phi) is 8.08. The Morgan fingerprint density at radius 2 is 1.34 bits per heavy atom. The minimum atomic E-state index is -4.41. The van der Waals surface area contributed by atoms with Gasteiger partial charge >= 0.3 is 6.18 Å². The summed E-state index contributed by atoms with van der Waals surface area (Å²) in [6, 6.07) is 20.0. The van der Waals surface area contributed by atoms with E-state index in [-0.39, 0.29) is 24.0 Å². The predicted molar refractivity (Wildman–Crippen MR) is 129 cm³/mol. The molecule has 0 bridgehead atoms. The maximum Gasteiger partial charge on any atom is 0.416 e. The summed E-state index contributed by atoms with van der Waals surface area (Å²) in [4.78, 5) is 1.12. The zero-order chi connectivity index (χ0) is 25.6. The maximum absolute atomic E-state index is 12.8. The molecule has 184 valence electrons. The molecule has 0 aliphatic heterocycles. The third kappa shape index (κ3) is 7.24. The highest BCUT2D eigenvalue weighted by molar-refractivity contribution is 7.91. The van der Waals surface area contributed by atoms with Gasteiger partial charge in [0, 0.05) is 0 Å². The summed E-state index contributed by atoms with van der Waals surface area (Å²) in [6.45, 7) is -0.697. The minimum Gasteiger partial charge on any atom is -0.388 e. The Morgan fingerprint density at radius 1 is 0.800 bits per heavy atom. The average Bonchev–Trinajstić information content (AvgIpc) is 2.82. The first kappa shape index (κ1) is 26.1. The lowest BCUT2D eigenvalue weighted by Crippen LogP contribution is -2.40. The van der Waals surface area contributed by atoms with E-state index in [0.29, 0.717) is 22.3 Å². The largest absolute Gasteiger partial charge is 0.416 e. The van der Waals surface area contributed by atoms with E-state index >= 15 is 0 Å². The molecule has 6 nitrogen and oxygen atoms in total. The van der Waals surface area contributed by atoms with E-state index in [2.05, 4.69) is 0 Å². The summed E-state index contributed by atoms with van der Waals surface area (Å²) in [7, 11) is -3.69. The molecule has 0 saturated heterocycles. The van der Waals surface area contributed by atoms with Crippen molar-refractivity contribution in [2.45, 2.75) is 18.5 Å². The second kappa shape index (κ2) is 10.8. The zero-order valence-corrected chi connectivity index (χ0v) is 19.4. The van der Waals surface area contributed by atoms with E-state index in [1.54, 1.807) is 54.6 Å². The third-order valence-corrected chi connectivity index (χ3v) is 6.71. The summed E-state index contributed by atoms with van der Waals surface area (Å²) < 4.78 is 63.5. The van der Waals surface area contributed by atoms with Crippen LogP contribution in [0, 0.1) is 10.8 Å². The molecule has 0 aliphatic rings. The van der Waals surface area contributed by atoms with Gasteiger partial charge in [-0.2, -0.15) is 13.2 Å². The number of nitrogens with zero attached hydrogens (tertiary/aromatic N) is 1. The SMILES string of the molecule is N=C(CO)N(Cc1ccc(-c2ccc(C(F)(F)F)cc2)cc1)C(=N)CS(=O)(=O)Cc1ccccc1. The number of amidine groups is 2. The summed E-state index contributed by atoms with van der Waals surface area (Å²) in [5.41, 5.74) is 1.74. The zero-order valence-electron chi connectivity index (χ0n) is 18.6. The van der Waals surface area contributed by atoms with Crippen molar-refractivity contribution in [1.29, 1.82) is 10.8 Å². The van der Waals surface area contributed by atoms with E-state index in [0.717, 1.165) is 17.0 Å². The van der Waals surface area contributed by atoms with Gasteiger partial charge in [0.25, 0.3) is 0 Å².